The van der Waals surface area contributed by atoms with Gasteiger partial charge in [-0.3, -0.25) is 19.2 Å². The number of hydrogen-bond donors (Lipinski definition) is 3. The highest BCUT2D eigenvalue weighted by Gasteiger charge is 2.47. The Kier molecular flexibility index (Phi) is 7.71. The van der Waals surface area contributed by atoms with Crippen LogP contribution in [0.2, 0.25) is 0 Å². The number of benzene rings is 1. The Morgan fingerprint density at radius 2 is 1.91 bits per heavy atom. The molecule has 174 valence electrons. The molecular weight excluding hydrogens is 421 g/mol. The molecule has 2 amide bonds. The predicted molar refractivity (Wildman–Crippen MR) is 115 cm³/mol. The van der Waals surface area contributed by atoms with Gasteiger partial charge < -0.3 is 20.6 Å². The van der Waals surface area contributed by atoms with E-state index in [4.69, 9.17) is 9.94 Å². The number of oxime groups is 1. The molecule has 2 atom stereocenters. The summed E-state index contributed by atoms with van der Waals surface area (Å²) in [5, 5.41) is 17.7. The summed E-state index contributed by atoms with van der Waals surface area (Å²) >= 11 is 0. The van der Waals surface area contributed by atoms with E-state index in [2.05, 4.69) is 15.8 Å². The number of para-hydroxylation sites is 1. The molecule has 1 aliphatic heterocycles. The molecule has 0 bridgehead atoms. The van der Waals surface area contributed by atoms with Crippen LogP contribution in [0.15, 0.2) is 29.4 Å². The van der Waals surface area contributed by atoms with Crippen LogP contribution in [0, 0.1) is 0 Å². The fraction of sp³-hybridized carbons (Fsp3) is 0.500. The maximum absolute atomic E-state index is 12.8. The second-order valence-corrected chi connectivity index (χ2v) is 8.63. The number of anilines is 1. The molecule has 10 heteroatoms. The third-order valence-corrected chi connectivity index (χ3v) is 5.22. The fourth-order valence-electron chi connectivity index (χ4n) is 3.31. The van der Waals surface area contributed by atoms with E-state index in [1.165, 1.54) is 0 Å². The van der Waals surface area contributed by atoms with Crippen molar-refractivity contribution in [3.8, 4) is 0 Å². The molecule has 3 N–H and O–H groups in total. The highest BCUT2D eigenvalue weighted by molar-refractivity contribution is 6.44. The van der Waals surface area contributed by atoms with Crippen molar-refractivity contribution in [1.29, 1.82) is 0 Å². The van der Waals surface area contributed by atoms with Crippen molar-refractivity contribution >= 4 is 35.0 Å². The Morgan fingerprint density at radius 3 is 2.47 bits per heavy atom. The Balaban J connectivity index is 2.15. The van der Waals surface area contributed by atoms with Crippen molar-refractivity contribution in [2.75, 3.05) is 12.0 Å². The van der Waals surface area contributed by atoms with Crippen LogP contribution < -0.4 is 10.6 Å². The fourth-order valence-corrected chi connectivity index (χ4v) is 3.31. The third kappa shape index (κ3) is 5.68. The lowest BCUT2D eigenvalue weighted by molar-refractivity contribution is -0.148. The highest BCUT2D eigenvalue weighted by atomic mass is 19.1. The van der Waals surface area contributed by atoms with Crippen molar-refractivity contribution in [2.24, 2.45) is 5.16 Å². The van der Waals surface area contributed by atoms with Gasteiger partial charge in [0, 0.05) is 5.69 Å². The minimum Gasteiger partial charge on any atom is -0.481 e. The zero-order valence-corrected chi connectivity index (χ0v) is 18.5. The SMILES string of the molecule is CCC1(C(=O)NC(CC(=O)O)C(=O)CF)CC(C(=O)Nc2ccccc2C(C)(C)C)=NO1. The van der Waals surface area contributed by atoms with E-state index < -0.39 is 48.3 Å². The highest BCUT2D eigenvalue weighted by Crippen LogP contribution is 2.31. The molecule has 2 rings (SSSR count). The number of ketones is 1. The summed E-state index contributed by atoms with van der Waals surface area (Å²) in [6, 6.07) is 5.76. The van der Waals surface area contributed by atoms with Gasteiger partial charge in [0.05, 0.1) is 12.8 Å². The predicted octanol–water partition coefficient (Wildman–Crippen LogP) is 2.35. The van der Waals surface area contributed by atoms with Gasteiger partial charge >= 0.3 is 5.97 Å². The number of amides is 2. The summed E-state index contributed by atoms with van der Waals surface area (Å²) in [6.07, 6.45) is -0.879. The van der Waals surface area contributed by atoms with Crippen LogP contribution in [0.1, 0.15) is 52.5 Å². The topological polar surface area (TPSA) is 134 Å². The number of carbonyl (C=O) groups excluding carboxylic acids is 3. The first-order valence-electron chi connectivity index (χ1n) is 10.2. The molecule has 0 fully saturated rings. The average molecular weight is 449 g/mol. The molecule has 0 saturated carbocycles. The van der Waals surface area contributed by atoms with E-state index in [-0.39, 0.29) is 24.0 Å². The normalized spacial score (nSPS) is 18.8. The van der Waals surface area contributed by atoms with E-state index in [9.17, 15) is 23.6 Å². The monoisotopic (exact) mass is 449 g/mol. The Bertz CT molecular complexity index is 940. The largest absolute Gasteiger partial charge is 0.481 e. The summed E-state index contributed by atoms with van der Waals surface area (Å²) < 4.78 is 12.8. The molecule has 32 heavy (non-hydrogen) atoms. The van der Waals surface area contributed by atoms with Crippen molar-refractivity contribution in [3.05, 3.63) is 29.8 Å². The van der Waals surface area contributed by atoms with Gasteiger partial charge in [-0.25, -0.2) is 4.39 Å². The number of hydrogen-bond acceptors (Lipinski definition) is 6. The van der Waals surface area contributed by atoms with Crippen LogP contribution in [0.25, 0.3) is 0 Å². The van der Waals surface area contributed by atoms with Gasteiger partial charge in [-0.1, -0.05) is 51.0 Å². The second-order valence-electron chi connectivity index (χ2n) is 8.63. The lowest BCUT2D eigenvalue weighted by atomic mass is 9.85. The maximum Gasteiger partial charge on any atom is 0.305 e. The molecule has 0 aromatic heterocycles. The molecule has 1 heterocycles. The van der Waals surface area contributed by atoms with E-state index in [1.807, 2.05) is 32.9 Å². The number of carboxylic acids is 1. The van der Waals surface area contributed by atoms with Gasteiger partial charge in [-0.05, 0) is 23.5 Å². The van der Waals surface area contributed by atoms with E-state index >= 15 is 0 Å². The number of Topliss-reactive ketones (excluding diaryl/α,β-unsaturated/α-hetero) is 1. The summed E-state index contributed by atoms with van der Waals surface area (Å²) in [4.78, 5) is 53.6. The maximum atomic E-state index is 12.8. The number of halogens is 1. The van der Waals surface area contributed by atoms with Gasteiger partial charge in [-0.15, -0.1) is 0 Å². The molecule has 9 nitrogen and oxygen atoms in total. The van der Waals surface area contributed by atoms with Crippen molar-refractivity contribution in [2.45, 2.75) is 64.0 Å². The van der Waals surface area contributed by atoms with Crippen LogP contribution in [-0.2, 0) is 29.4 Å². The Labute approximate surface area is 185 Å². The minimum atomic E-state index is -1.61. The molecule has 1 aromatic rings. The van der Waals surface area contributed by atoms with Crippen LogP contribution in [0.4, 0.5) is 10.1 Å². The molecule has 0 spiro atoms. The van der Waals surface area contributed by atoms with Crippen molar-refractivity contribution in [3.63, 3.8) is 0 Å². The van der Waals surface area contributed by atoms with Gasteiger partial charge in [0.15, 0.2) is 5.78 Å². The first-order chi connectivity index (χ1) is 14.9. The van der Waals surface area contributed by atoms with Crippen LogP contribution in [-0.4, -0.2) is 52.7 Å². The number of alkyl halides is 1. The van der Waals surface area contributed by atoms with Crippen LogP contribution >= 0.6 is 0 Å². The molecule has 0 radical (unpaired) electrons. The Hall–Kier alpha value is -3.30. The molecule has 0 saturated heterocycles. The van der Waals surface area contributed by atoms with Gasteiger partial charge in [-0.2, -0.15) is 0 Å². The number of rotatable bonds is 9. The van der Waals surface area contributed by atoms with Crippen molar-refractivity contribution in [1.82, 2.24) is 5.32 Å². The zero-order valence-electron chi connectivity index (χ0n) is 18.5. The van der Waals surface area contributed by atoms with E-state index in [0.29, 0.717) is 5.69 Å². The third-order valence-electron chi connectivity index (χ3n) is 5.22. The second kappa shape index (κ2) is 9.88. The molecule has 0 aliphatic carbocycles. The molecular formula is C22H28FN3O6. The Morgan fingerprint density at radius 1 is 1.25 bits per heavy atom. The molecule has 2 unspecified atom stereocenters. The number of carboxylic acid groups (broad SMARTS) is 1. The standard InChI is InChI=1S/C22H28FN3O6/c1-5-22(20(31)25-15(10-18(28)29)17(27)12-23)11-16(26-32-22)19(30)24-14-9-7-6-8-13(14)21(2,3)4/h6-9,15H,5,10-12H2,1-4H3,(H,24,30)(H,25,31)(H,28,29). The number of nitrogens with zero attached hydrogens (tertiary/aromatic N) is 1. The number of carbonyl (C=O) groups is 4. The zero-order chi connectivity index (χ0) is 24.1. The smallest absolute Gasteiger partial charge is 0.305 e. The van der Waals surface area contributed by atoms with E-state index in [0.717, 1.165) is 5.56 Å². The minimum absolute atomic E-state index is 0.0303. The van der Waals surface area contributed by atoms with Gasteiger partial charge in [0.25, 0.3) is 11.8 Å². The first kappa shape index (κ1) is 25.0. The number of nitrogens with one attached hydrogen (secondary N) is 2. The molecule has 1 aliphatic rings. The quantitative estimate of drug-likeness (QED) is 0.530. The van der Waals surface area contributed by atoms with E-state index in [1.54, 1.807) is 19.1 Å². The lowest BCUT2D eigenvalue weighted by Gasteiger charge is -2.26. The van der Waals surface area contributed by atoms with Crippen molar-refractivity contribution < 1.29 is 33.5 Å². The molecule has 1 aromatic carbocycles. The number of aliphatic carboxylic acids is 1. The van der Waals surface area contributed by atoms with Crippen LogP contribution in [0.5, 0.6) is 0 Å². The van der Waals surface area contributed by atoms with Gasteiger partial charge in [0.1, 0.15) is 18.4 Å². The lowest BCUT2D eigenvalue weighted by Crippen LogP contribution is -2.53. The summed E-state index contributed by atoms with van der Waals surface area (Å²) in [5.74, 6) is -3.83. The first-order valence-corrected chi connectivity index (χ1v) is 10.2. The van der Waals surface area contributed by atoms with Gasteiger partial charge in [0.2, 0.25) is 5.60 Å². The summed E-state index contributed by atoms with van der Waals surface area (Å²) in [6.45, 7) is 6.22. The average Bonchev–Trinajstić information content (AvgIpc) is 3.18. The summed E-state index contributed by atoms with van der Waals surface area (Å²) in [7, 11) is 0. The van der Waals surface area contributed by atoms with Crippen LogP contribution in [0.3, 0.4) is 0 Å². The summed E-state index contributed by atoms with van der Waals surface area (Å²) in [5.41, 5.74) is -0.358.